The molecule has 6 heteroatoms. The van der Waals surface area contributed by atoms with Gasteiger partial charge in [-0.15, -0.1) is 0 Å². The Balaban J connectivity index is 2.16. The molecule has 1 atom stereocenters. The van der Waals surface area contributed by atoms with Gasteiger partial charge in [-0.3, -0.25) is 0 Å². The van der Waals surface area contributed by atoms with Crippen LogP contribution in [0.3, 0.4) is 0 Å². The molecule has 0 heterocycles. The highest BCUT2D eigenvalue weighted by Crippen LogP contribution is 2.25. The monoisotopic (exact) mass is 367 g/mol. The molecule has 0 radical (unpaired) electrons. The third-order valence-corrected chi connectivity index (χ3v) is 5.43. The van der Waals surface area contributed by atoms with E-state index < -0.39 is 10.0 Å². The first kappa shape index (κ1) is 18.8. The van der Waals surface area contributed by atoms with Crippen LogP contribution in [-0.4, -0.2) is 15.5 Å². The standard InChI is InChI=1S/C18H22ClNO3S/c1-4-17(15-7-10-18(23-3)13(2)11-15)20-24(21,22)12-14-5-8-16(19)9-6-14/h5-11,17,20H,4,12H2,1-3H3/t17-/m1/s1. The first-order valence-electron chi connectivity index (χ1n) is 7.73. The molecule has 0 aromatic heterocycles. The molecule has 0 bridgehead atoms. The quantitative estimate of drug-likeness (QED) is 0.796. The fourth-order valence-corrected chi connectivity index (χ4v) is 4.14. The number of rotatable bonds is 7. The number of aryl methyl sites for hydroxylation is 1. The van der Waals surface area contributed by atoms with Crippen LogP contribution in [0.1, 0.15) is 36.1 Å². The summed E-state index contributed by atoms with van der Waals surface area (Å²) in [4.78, 5) is 0. The van der Waals surface area contributed by atoms with Gasteiger partial charge in [-0.2, -0.15) is 0 Å². The number of ether oxygens (including phenoxy) is 1. The van der Waals surface area contributed by atoms with Crippen LogP contribution in [0.5, 0.6) is 5.75 Å². The summed E-state index contributed by atoms with van der Waals surface area (Å²) in [6, 6.07) is 12.3. The van der Waals surface area contributed by atoms with Crippen LogP contribution in [0, 0.1) is 6.92 Å². The minimum atomic E-state index is -3.46. The fourth-order valence-electron chi connectivity index (χ4n) is 2.56. The van der Waals surface area contributed by atoms with Crippen molar-refractivity contribution >= 4 is 21.6 Å². The van der Waals surface area contributed by atoms with E-state index in [0.717, 1.165) is 16.9 Å². The molecule has 0 spiro atoms. The molecular formula is C18H22ClNO3S. The van der Waals surface area contributed by atoms with Gasteiger partial charge < -0.3 is 4.74 Å². The smallest absolute Gasteiger partial charge is 0.216 e. The molecule has 0 saturated heterocycles. The van der Waals surface area contributed by atoms with Gasteiger partial charge in [-0.05, 0) is 48.2 Å². The van der Waals surface area contributed by atoms with Gasteiger partial charge in [-0.1, -0.05) is 42.8 Å². The van der Waals surface area contributed by atoms with Crippen molar-refractivity contribution in [2.75, 3.05) is 7.11 Å². The number of nitrogens with one attached hydrogen (secondary N) is 1. The van der Waals surface area contributed by atoms with Crippen molar-refractivity contribution in [3.8, 4) is 5.75 Å². The maximum atomic E-state index is 12.5. The molecule has 0 aliphatic rings. The molecule has 4 nitrogen and oxygen atoms in total. The van der Waals surface area contributed by atoms with Crippen LogP contribution in [0.4, 0.5) is 0 Å². The van der Waals surface area contributed by atoms with Crippen LogP contribution in [0.2, 0.25) is 5.02 Å². The van der Waals surface area contributed by atoms with Gasteiger partial charge in [0.05, 0.1) is 12.9 Å². The molecule has 24 heavy (non-hydrogen) atoms. The molecule has 1 N–H and O–H groups in total. The minimum absolute atomic E-state index is 0.0736. The number of halogens is 1. The van der Waals surface area contributed by atoms with Gasteiger partial charge in [0.25, 0.3) is 0 Å². The topological polar surface area (TPSA) is 55.4 Å². The summed E-state index contributed by atoms with van der Waals surface area (Å²) < 4.78 is 33.0. The summed E-state index contributed by atoms with van der Waals surface area (Å²) in [5, 5.41) is 0.587. The van der Waals surface area contributed by atoms with Crippen molar-refractivity contribution in [1.82, 2.24) is 4.72 Å². The largest absolute Gasteiger partial charge is 0.496 e. The van der Waals surface area contributed by atoms with Crippen LogP contribution < -0.4 is 9.46 Å². The highest BCUT2D eigenvalue weighted by atomic mass is 35.5. The van der Waals surface area contributed by atoms with Crippen molar-refractivity contribution in [3.63, 3.8) is 0 Å². The lowest BCUT2D eigenvalue weighted by molar-refractivity contribution is 0.411. The number of hydrogen-bond acceptors (Lipinski definition) is 3. The summed E-state index contributed by atoms with van der Waals surface area (Å²) in [6.45, 7) is 3.90. The van der Waals surface area contributed by atoms with Crippen LogP contribution in [0.15, 0.2) is 42.5 Å². The summed E-state index contributed by atoms with van der Waals surface area (Å²) in [5.74, 6) is 0.716. The van der Waals surface area contributed by atoms with Crippen molar-refractivity contribution in [2.24, 2.45) is 0 Å². The maximum Gasteiger partial charge on any atom is 0.216 e. The van der Waals surface area contributed by atoms with Gasteiger partial charge in [0.15, 0.2) is 0 Å². The number of sulfonamides is 1. The van der Waals surface area contributed by atoms with Gasteiger partial charge in [0.1, 0.15) is 5.75 Å². The third kappa shape index (κ3) is 4.97. The number of hydrogen-bond donors (Lipinski definition) is 1. The predicted octanol–water partition coefficient (Wildman–Crippen LogP) is 4.23. The average molecular weight is 368 g/mol. The van der Waals surface area contributed by atoms with E-state index in [1.54, 1.807) is 31.4 Å². The number of methoxy groups -OCH3 is 1. The molecule has 2 aromatic rings. The Morgan fingerprint density at radius 3 is 2.38 bits per heavy atom. The highest BCUT2D eigenvalue weighted by molar-refractivity contribution is 7.88. The van der Waals surface area contributed by atoms with Crippen LogP contribution in [0.25, 0.3) is 0 Å². The maximum absolute atomic E-state index is 12.5. The Hall–Kier alpha value is -1.56. The fraction of sp³-hybridized carbons (Fsp3) is 0.333. The molecule has 2 aromatic carbocycles. The molecule has 0 aliphatic carbocycles. The Morgan fingerprint density at radius 2 is 1.83 bits per heavy atom. The SMILES string of the molecule is CC[C@@H](NS(=O)(=O)Cc1ccc(Cl)cc1)c1ccc(OC)c(C)c1. The molecule has 0 fully saturated rings. The second kappa shape index (κ2) is 8.01. The molecule has 130 valence electrons. The summed E-state index contributed by atoms with van der Waals surface area (Å²) in [7, 11) is -1.84. The summed E-state index contributed by atoms with van der Waals surface area (Å²) in [5.41, 5.74) is 2.61. The Labute approximate surface area is 148 Å². The molecule has 0 saturated carbocycles. The number of benzene rings is 2. The predicted molar refractivity (Wildman–Crippen MR) is 98.0 cm³/mol. The van der Waals surface area contributed by atoms with Crippen molar-refractivity contribution in [3.05, 3.63) is 64.2 Å². The molecule has 0 unspecified atom stereocenters. The molecular weight excluding hydrogens is 346 g/mol. The van der Waals surface area contributed by atoms with Gasteiger partial charge in [0, 0.05) is 11.1 Å². The average Bonchev–Trinajstić information content (AvgIpc) is 2.54. The van der Waals surface area contributed by atoms with Gasteiger partial charge in [-0.25, -0.2) is 13.1 Å². The molecule has 2 rings (SSSR count). The van der Waals surface area contributed by atoms with E-state index in [-0.39, 0.29) is 11.8 Å². The second-order valence-electron chi connectivity index (χ2n) is 5.69. The first-order valence-corrected chi connectivity index (χ1v) is 9.76. The second-order valence-corrected chi connectivity index (χ2v) is 7.88. The van der Waals surface area contributed by atoms with Crippen LogP contribution >= 0.6 is 11.6 Å². The highest BCUT2D eigenvalue weighted by Gasteiger charge is 2.19. The van der Waals surface area contributed by atoms with E-state index in [2.05, 4.69) is 4.72 Å². The van der Waals surface area contributed by atoms with Gasteiger partial charge in [0.2, 0.25) is 10.0 Å². The minimum Gasteiger partial charge on any atom is -0.496 e. The van der Waals surface area contributed by atoms with E-state index in [9.17, 15) is 8.42 Å². The Kier molecular flexibility index (Phi) is 6.27. The zero-order chi connectivity index (χ0) is 17.7. The molecule has 0 aliphatic heterocycles. The van der Waals surface area contributed by atoms with E-state index in [1.807, 2.05) is 32.0 Å². The van der Waals surface area contributed by atoms with E-state index in [0.29, 0.717) is 17.0 Å². The third-order valence-electron chi connectivity index (χ3n) is 3.82. The van der Waals surface area contributed by atoms with Crippen LogP contribution in [-0.2, 0) is 15.8 Å². The first-order chi connectivity index (χ1) is 11.3. The normalized spacial score (nSPS) is 12.8. The zero-order valence-corrected chi connectivity index (χ0v) is 15.6. The molecule has 0 amide bonds. The Morgan fingerprint density at radius 1 is 1.17 bits per heavy atom. The van der Waals surface area contributed by atoms with Crippen molar-refractivity contribution in [2.45, 2.75) is 32.1 Å². The zero-order valence-electron chi connectivity index (χ0n) is 14.0. The van der Waals surface area contributed by atoms with Gasteiger partial charge >= 0.3 is 0 Å². The van der Waals surface area contributed by atoms with E-state index in [1.165, 1.54) is 0 Å². The van der Waals surface area contributed by atoms with Crippen molar-refractivity contribution in [1.29, 1.82) is 0 Å². The van der Waals surface area contributed by atoms with E-state index >= 15 is 0 Å². The van der Waals surface area contributed by atoms with E-state index in [4.69, 9.17) is 16.3 Å². The summed E-state index contributed by atoms with van der Waals surface area (Å²) in [6.07, 6.45) is 0.658. The van der Waals surface area contributed by atoms with Crippen molar-refractivity contribution < 1.29 is 13.2 Å². The lowest BCUT2D eigenvalue weighted by atomic mass is 10.0. The summed E-state index contributed by atoms with van der Waals surface area (Å²) >= 11 is 5.83. The Bertz CT molecular complexity index is 788. The lowest BCUT2D eigenvalue weighted by Gasteiger charge is -2.19. The lowest BCUT2D eigenvalue weighted by Crippen LogP contribution is -2.29.